The Kier molecular flexibility index (Phi) is 5.13. The zero-order valence-electron chi connectivity index (χ0n) is 9.96. The third-order valence-electron chi connectivity index (χ3n) is 1.78. The molecule has 3 heteroatoms. The molecule has 0 aromatic carbocycles. The largest absolute Gasteiger partial charge is 0.460 e. The van der Waals surface area contributed by atoms with Crippen molar-refractivity contribution in [2.45, 2.75) is 46.6 Å². The standard InChI is InChI=1S/C11H23NO2/c1-8(2)6-9(7-12)10(13)14-11(3,4)5/h8-9H,6-7,12H2,1-5H3/t9-/m1/s1. The van der Waals surface area contributed by atoms with Crippen LogP contribution in [0.2, 0.25) is 0 Å². The predicted octanol–water partition coefficient (Wildman–Crippen LogP) is 1.95. The van der Waals surface area contributed by atoms with E-state index in [1.165, 1.54) is 0 Å². The summed E-state index contributed by atoms with van der Waals surface area (Å²) in [4.78, 5) is 11.6. The van der Waals surface area contributed by atoms with E-state index in [0.717, 1.165) is 6.42 Å². The zero-order valence-corrected chi connectivity index (χ0v) is 9.96. The van der Waals surface area contributed by atoms with Gasteiger partial charge in [0.15, 0.2) is 0 Å². The van der Waals surface area contributed by atoms with Crippen LogP contribution in [-0.2, 0) is 9.53 Å². The van der Waals surface area contributed by atoms with Gasteiger partial charge >= 0.3 is 5.97 Å². The Morgan fingerprint density at radius 1 is 1.36 bits per heavy atom. The molecule has 0 aliphatic heterocycles. The maximum atomic E-state index is 11.6. The summed E-state index contributed by atoms with van der Waals surface area (Å²) in [6.45, 7) is 10.1. The Morgan fingerprint density at radius 2 is 1.86 bits per heavy atom. The average molecular weight is 201 g/mol. The highest BCUT2D eigenvalue weighted by Crippen LogP contribution is 2.16. The van der Waals surface area contributed by atoms with Gasteiger partial charge in [0, 0.05) is 6.54 Å². The molecule has 0 aromatic rings. The van der Waals surface area contributed by atoms with Crippen LogP contribution in [0.1, 0.15) is 41.0 Å². The first-order valence-corrected chi connectivity index (χ1v) is 5.19. The Hall–Kier alpha value is -0.570. The molecular weight excluding hydrogens is 178 g/mol. The van der Waals surface area contributed by atoms with Crippen LogP contribution in [0, 0.1) is 11.8 Å². The van der Waals surface area contributed by atoms with E-state index < -0.39 is 5.60 Å². The molecule has 0 aliphatic rings. The normalized spacial score (nSPS) is 14.2. The molecule has 0 rings (SSSR count). The van der Waals surface area contributed by atoms with Gasteiger partial charge in [0.2, 0.25) is 0 Å². The molecule has 0 bridgehead atoms. The summed E-state index contributed by atoms with van der Waals surface area (Å²) >= 11 is 0. The molecule has 1 atom stereocenters. The van der Waals surface area contributed by atoms with Crippen molar-refractivity contribution in [3.63, 3.8) is 0 Å². The molecule has 0 aromatic heterocycles. The molecule has 0 unspecified atom stereocenters. The van der Waals surface area contributed by atoms with Gasteiger partial charge < -0.3 is 10.5 Å². The minimum Gasteiger partial charge on any atom is -0.460 e. The maximum Gasteiger partial charge on any atom is 0.310 e. The van der Waals surface area contributed by atoms with Gasteiger partial charge in [-0.3, -0.25) is 4.79 Å². The Balaban J connectivity index is 4.18. The fraction of sp³-hybridized carbons (Fsp3) is 0.909. The lowest BCUT2D eigenvalue weighted by Gasteiger charge is -2.24. The van der Waals surface area contributed by atoms with E-state index in [1.54, 1.807) is 0 Å². The van der Waals surface area contributed by atoms with Crippen molar-refractivity contribution < 1.29 is 9.53 Å². The van der Waals surface area contributed by atoms with E-state index in [1.807, 2.05) is 20.8 Å². The molecule has 3 nitrogen and oxygen atoms in total. The lowest BCUT2D eigenvalue weighted by molar-refractivity contribution is -0.160. The van der Waals surface area contributed by atoms with Crippen molar-refractivity contribution in [1.29, 1.82) is 0 Å². The Labute approximate surface area is 87.0 Å². The Bertz CT molecular complexity index is 182. The fourth-order valence-electron chi connectivity index (χ4n) is 1.24. The van der Waals surface area contributed by atoms with Crippen LogP contribution in [0.4, 0.5) is 0 Å². The van der Waals surface area contributed by atoms with Gasteiger partial charge in [-0.15, -0.1) is 0 Å². The number of ether oxygens (including phenoxy) is 1. The minimum absolute atomic E-state index is 0.158. The number of hydrogen-bond acceptors (Lipinski definition) is 3. The van der Waals surface area contributed by atoms with Crippen molar-refractivity contribution in [2.75, 3.05) is 6.54 Å². The van der Waals surface area contributed by atoms with Gasteiger partial charge in [-0.05, 0) is 33.1 Å². The second kappa shape index (κ2) is 5.35. The van der Waals surface area contributed by atoms with E-state index in [-0.39, 0.29) is 11.9 Å². The highest BCUT2D eigenvalue weighted by Gasteiger charge is 2.24. The molecule has 0 radical (unpaired) electrons. The first kappa shape index (κ1) is 13.4. The molecule has 0 aliphatic carbocycles. The smallest absolute Gasteiger partial charge is 0.310 e. The maximum absolute atomic E-state index is 11.6. The van der Waals surface area contributed by atoms with Crippen LogP contribution < -0.4 is 5.73 Å². The summed E-state index contributed by atoms with van der Waals surface area (Å²) in [5.41, 5.74) is 5.12. The molecule has 2 N–H and O–H groups in total. The summed E-state index contributed by atoms with van der Waals surface area (Å²) < 4.78 is 5.27. The van der Waals surface area contributed by atoms with Crippen molar-refractivity contribution in [1.82, 2.24) is 0 Å². The highest BCUT2D eigenvalue weighted by atomic mass is 16.6. The summed E-state index contributed by atoms with van der Waals surface area (Å²) in [6, 6.07) is 0. The van der Waals surface area contributed by atoms with E-state index in [0.29, 0.717) is 12.5 Å². The molecule has 0 saturated heterocycles. The van der Waals surface area contributed by atoms with E-state index >= 15 is 0 Å². The van der Waals surface area contributed by atoms with Gasteiger partial charge in [0.1, 0.15) is 5.60 Å². The van der Waals surface area contributed by atoms with Gasteiger partial charge in [0.25, 0.3) is 0 Å². The molecular formula is C11H23NO2. The number of hydrogen-bond donors (Lipinski definition) is 1. The van der Waals surface area contributed by atoms with E-state index in [4.69, 9.17) is 10.5 Å². The van der Waals surface area contributed by atoms with Crippen LogP contribution in [0.15, 0.2) is 0 Å². The Morgan fingerprint density at radius 3 is 2.14 bits per heavy atom. The molecule has 14 heavy (non-hydrogen) atoms. The number of rotatable bonds is 4. The molecule has 0 heterocycles. The van der Waals surface area contributed by atoms with Crippen molar-refractivity contribution in [2.24, 2.45) is 17.6 Å². The lowest BCUT2D eigenvalue weighted by Crippen LogP contribution is -2.33. The lowest BCUT2D eigenvalue weighted by atomic mass is 9.97. The molecule has 0 fully saturated rings. The molecule has 0 spiro atoms. The number of carbonyl (C=O) groups is 1. The quantitative estimate of drug-likeness (QED) is 0.707. The van der Waals surface area contributed by atoms with E-state index in [2.05, 4.69) is 13.8 Å². The highest BCUT2D eigenvalue weighted by molar-refractivity contribution is 5.73. The summed E-state index contributed by atoms with van der Waals surface area (Å²) in [6.07, 6.45) is 0.797. The molecule has 0 amide bonds. The first-order chi connectivity index (χ1) is 6.26. The third-order valence-corrected chi connectivity index (χ3v) is 1.78. The molecule has 0 saturated carbocycles. The van der Waals surface area contributed by atoms with Gasteiger partial charge in [-0.2, -0.15) is 0 Å². The molecule has 84 valence electrons. The van der Waals surface area contributed by atoms with Gasteiger partial charge in [-0.1, -0.05) is 13.8 Å². The van der Waals surface area contributed by atoms with Crippen molar-refractivity contribution >= 4 is 5.97 Å². The third kappa shape index (κ3) is 5.97. The van der Waals surface area contributed by atoms with Crippen molar-refractivity contribution in [3.05, 3.63) is 0 Å². The second-order valence-electron chi connectivity index (χ2n) is 5.10. The van der Waals surface area contributed by atoms with Crippen LogP contribution in [0.5, 0.6) is 0 Å². The predicted molar refractivity (Wildman–Crippen MR) is 57.8 cm³/mol. The van der Waals surface area contributed by atoms with Crippen molar-refractivity contribution in [3.8, 4) is 0 Å². The van der Waals surface area contributed by atoms with Crippen LogP contribution in [0.3, 0.4) is 0 Å². The monoisotopic (exact) mass is 201 g/mol. The minimum atomic E-state index is -0.415. The topological polar surface area (TPSA) is 52.3 Å². The fourth-order valence-corrected chi connectivity index (χ4v) is 1.24. The number of nitrogens with two attached hydrogens (primary N) is 1. The summed E-state index contributed by atoms with van der Waals surface area (Å²) in [7, 11) is 0. The average Bonchev–Trinajstić information content (AvgIpc) is 1.96. The van der Waals surface area contributed by atoms with Gasteiger partial charge in [0.05, 0.1) is 5.92 Å². The summed E-state index contributed by atoms with van der Waals surface area (Å²) in [5, 5.41) is 0. The van der Waals surface area contributed by atoms with E-state index in [9.17, 15) is 4.79 Å². The van der Waals surface area contributed by atoms with Crippen LogP contribution in [-0.4, -0.2) is 18.1 Å². The summed E-state index contributed by atoms with van der Waals surface area (Å²) in [5.74, 6) is 0.138. The van der Waals surface area contributed by atoms with Gasteiger partial charge in [-0.25, -0.2) is 0 Å². The van der Waals surface area contributed by atoms with Crippen LogP contribution >= 0.6 is 0 Å². The van der Waals surface area contributed by atoms with Crippen LogP contribution in [0.25, 0.3) is 0 Å². The number of carbonyl (C=O) groups excluding carboxylic acids is 1. The first-order valence-electron chi connectivity index (χ1n) is 5.19. The SMILES string of the molecule is CC(C)C[C@H](CN)C(=O)OC(C)(C)C. The zero-order chi connectivity index (χ0) is 11.4. The second-order valence-corrected chi connectivity index (χ2v) is 5.10. The number of esters is 1.